The topological polar surface area (TPSA) is 57.6 Å². The zero-order valence-electron chi connectivity index (χ0n) is 9.77. The van der Waals surface area contributed by atoms with E-state index < -0.39 is 18.2 Å². The molecule has 0 aromatic carbocycles. The van der Waals surface area contributed by atoms with Crippen LogP contribution in [0.1, 0.15) is 38.5 Å². The summed E-state index contributed by atoms with van der Waals surface area (Å²) < 4.78 is 13.2. The van der Waals surface area contributed by atoms with Gasteiger partial charge in [0.2, 0.25) is 5.91 Å². The fourth-order valence-corrected chi connectivity index (χ4v) is 2.87. The van der Waals surface area contributed by atoms with Gasteiger partial charge in [0.1, 0.15) is 12.2 Å². The Morgan fingerprint density at radius 3 is 2.53 bits per heavy atom. The lowest BCUT2D eigenvalue weighted by Crippen LogP contribution is -2.41. The second-order valence-electron chi connectivity index (χ2n) is 5.09. The van der Waals surface area contributed by atoms with Crippen LogP contribution in [0.2, 0.25) is 0 Å². The summed E-state index contributed by atoms with van der Waals surface area (Å²) in [5.74, 6) is -0.912. The van der Waals surface area contributed by atoms with Crippen LogP contribution in [0.15, 0.2) is 0 Å². The summed E-state index contributed by atoms with van der Waals surface area (Å²) in [7, 11) is 0. The Bertz CT molecular complexity index is 315. The van der Waals surface area contributed by atoms with E-state index in [2.05, 4.69) is 0 Å². The van der Waals surface area contributed by atoms with Crippen molar-refractivity contribution in [2.24, 2.45) is 5.92 Å². The molecule has 0 aromatic rings. The minimum absolute atomic E-state index is 0.0531. The fourth-order valence-electron chi connectivity index (χ4n) is 2.87. The third kappa shape index (κ3) is 2.76. The van der Waals surface area contributed by atoms with E-state index in [1.165, 1.54) is 4.90 Å². The smallest absolute Gasteiger partial charge is 0.326 e. The maximum absolute atomic E-state index is 13.2. The average molecular weight is 243 g/mol. The molecular formula is C12H18FNO3. The first-order valence-corrected chi connectivity index (χ1v) is 6.24. The summed E-state index contributed by atoms with van der Waals surface area (Å²) in [6.07, 6.45) is 3.50. The third-order valence-corrected chi connectivity index (χ3v) is 3.79. The minimum atomic E-state index is -1.19. The van der Waals surface area contributed by atoms with Gasteiger partial charge in [-0.2, -0.15) is 0 Å². The zero-order valence-corrected chi connectivity index (χ0v) is 9.77. The van der Waals surface area contributed by atoms with Crippen LogP contribution >= 0.6 is 0 Å². The first-order valence-electron chi connectivity index (χ1n) is 6.24. The molecule has 1 aliphatic heterocycles. The van der Waals surface area contributed by atoms with Crippen LogP contribution < -0.4 is 0 Å². The Labute approximate surface area is 99.8 Å². The number of carboxylic acids is 1. The second-order valence-corrected chi connectivity index (χ2v) is 5.09. The molecule has 0 spiro atoms. The fraction of sp³-hybridized carbons (Fsp3) is 0.833. The summed E-state index contributed by atoms with van der Waals surface area (Å²) in [4.78, 5) is 24.1. The molecule has 0 aromatic heterocycles. The van der Waals surface area contributed by atoms with Crippen molar-refractivity contribution in [3.63, 3.8) is 0 Å². The van der Waals surface area contributed by atoms with Crippen molar-refractivity contribution in [2.75, 3.05) is 6.54 Å². The van der Waals surface area contributed by atoms with E-state index in [9.17, 15) is 14.0 Å². The molecule has 1 N–H and O–H groups in total. The Morgan fingerprint density at radius 2 is 1.94 bits per heavy atom. The van der Waals surface area contributed by atoms with Crippen LogP contribution in [-0.4, -0.2) is 40.6 Å². The van der Waals surface area contributed by atoms with E-state index in [1.54, 1.807) is 0 Å². The van der Waals surface area contributed by atoms with Crippen molar-refractivity contribution in [1.29, 1.82) is 0 Å². The standard InChI is InChI=1S/C12H18FNO3/c13-9-6-10(12(16)17)14(7-9)11(15)5-8-3-1-2-4-8/h8-10H,1-7H2,(H,16,17). The van der Waals surface area contributed by atoms with E-state index in [0.29, 0.717) is 12.3 Å². The molecule has 2 aliphatic rings. The monoisotopic (exact) mass is 243 g/mol. The van der Waals surface area contributed by atoms with Crippen LogP contribution in [0.3, 0.4) is 0 Å². The quantitative estimate of drug-likeness (QED) is 0.819. The Hall–Kier alpha value is -1.13. The lowest BCUT2D eigenvalue weighted by Gasteiger charge is -2.22. The van der Waals surface area contributed by atoms with Gasteiger partial charge in [-0.15, -0.1) is 0 Å². The lowest BCUT2D eigenvalue weighted by molar-refractivity contribution is -0.148. The highest BCUT2D eigenvalue weighted by atomic mass is 19.1. The molecule has 4 nitrogen and oxygen atoms in total. The SMILES string of the molecule is O=C(O)C1CC(F)CN1C(=O)CC1CCCC1. The summed E-state index contributed by atoms with van der Waals surface area (Å²) in [6, 6.07) is -0.959. The molecule has 1 saturated heterocycles. The van der Waals surface area contributed by atoms with Gasteiger partial charge in [0.05, 0.1) is 6.54 Å². The molecule has 0 radical (unpaired) electrons. The summed E-state index contributed by atoms with van der Waals surface area (Å²) in [6.45, 7) is -0.0531. The predicted molar refractivity (Wildman–Crippen MR) is 59.2 cm³/mol. The van der Waals surface area contributed by atoms with Crippen LogP contribution in [0.25, 0.3) is 0 Å². The zero-order chi connectivity index (χ0) is 12.4. The molecule has 0 bridgehead atoms. The van der Waals surface area contributed by atoms with Gasteiger partial charge in [0, 0.05) is 12.8 Å². The minimum Gasteiger partial charge on any atom is -0.480 e. The van der Waals surface area contributed by atoms with Crippen molar-refractivity contribution in [3.05, 3.63) is 0 Å². The van der Waals surface area contributed by atoms with Crippen molar-refractivity contribution in [3.8, 4) is 0 Å². The Morgan fingerprint density at radius 1 is 1.29 bits per heavy atom. The molecule has 2 rings (SSSR count). The van der Waals surface area contributed by atoms with Gasteiger partial charge in [0.15, 0.2) is 0 Å². The Balaban J connectivity index is 1.94. The molecule has 5 heteroatoms. The number of carbonyl (C=O) groups is 2. The lowest BCUT2D eigenvalue weighted by atomic mass is 10.0. The number of amides is 1. The highest BCUT2D eigenvalue weighted by molar-refractivity contribution is 5.84. The van der Waals surface area contributed by atoms with Gasteiger partial charge in [-0.25, -0.2) is 9.18 Å². The molecule has 96 valence electrons. The van der Waals surface area contributed by atoms with Crippen LogP contribution in [-0.2, 0) is 9.59 Å². The first kappa shape index (κ1) is 12.3. The molecule has 1 heterocycles. The third-order valence-electron chi connectivity index (χ3n) is 3.79. The number of likely N-dealkylation sites (tertiary alicyclic amines) is 1. The number of halogens is 1. The van der Waals surface area contributed by atoms with Crippen LogP contribution in [0.4, 0.5) is 4.39 Å². The molecule has 2 atom stereocenters. The Kier molecular flexibility index (Phi) is 3.64. The molecular weight excluding hydrogens is 225 g/mol. The largest absolute Gasteiger partial charge is 0.480 e. The van der Waals surface area contributed by atoms with Crippen molar-refractivity contribution in [1.82, 2.24) is 4.90 Å². The highest BCUT2D eigenvalue weighted by Gasteiger charge is 2.40. The molecule has 1 aliphatic carbocycles. The maximum atomic E-state index is 13.2. The summed E-state index contributed by atoms with van der Waals surface area (Å²) in [5, 5.41) is 8.95. The van der Waals surface area contributed by atoms with Crippen molar-refractivity contribution < 1.29 is 19.1 Å². The highest BCUT2D eigenvalue weighted by Crippen LogP contribution is 2.30. The number of carboxylic acid groups (broad SMARTS) is 1. The number of rotatable bonds is 3. The first-order chi connectivity index (χ1) is 8.08. The van der Waals surface area contributed by atoms with Gasteiger partial charge in [0.25, 0.3) is 0 Å². The van der Waals surface area contributed by atoms with E-state index in [0.717, 1.165) is 25.7 Å². The predicted octanol–water partition coefficient (Wildman–Crippen LogP) is 1.59. The number of hydrogen-bond acceptors (Lipinski definition) is 2. The van der Waals surface area contributed by atoms with Gasteiger partial charge < -0.3 is 10.0 Å². The molecule has 1 saturated carbocycles. The number of carbonyl (C=O) groups excluding carboxylic acids is 1. The van der Waals surface area contributed by atoms with E-state index in [-0.39, 0.29) is 18.9 Å². The number of nitrogens with zero attached hydrogens (tertiary/aromatic N) is 1. The molecule has 2 unspecified atom stereocenters. The van der Waals surface area contributed by atoms with E-state index in [1.807, 2.05) is 0 Å². The van der Waals surface area contributed by atoms with Crippen molar-refractivity contribution >= 4 is 11.9 Å². The van der Waals surface area contributed by atoms with Crippen LogP contribution in [0, 0.1) is 5.92 Å². The number of aliphatic carboxylic acids is 1. The van der Waals surface area contributed by atoms with Gasteiger partial charge in [-0.3, -0.25) is 4.79 Å². The van der Waals surface area contributed by atoms with Crippen molar-refractivity contribution in [2.45, 2.75) is 50.7 Å². The molecule has 2 fully saturated rings. The van der Waals surface area contributed by atoms with Gasteiger partial charge in [-0.1, -0.05) is 12.8 Å². The van der Waals surface area contributed by atoms with E-state index >= 15 is 0 Å². The average Bonchev–Trinajstić information content (AvgIpc) is 2.86. The summed E-state index contributed by atoms with van der Waals surface area (Å²) in [5.41, 5.74) is 0. The van der Waals surface area contributed by atoms with Gasteiger partial charge >= 0.3 is 5.97 Å². The maximum Gasteiger partial charge on any atom is 0.326 e. The summed E-state index contributed by atoms with van der Waals surface area (Å²) >= 11 is 0. The normalized spacial score (nSPS) is 29.8. The molecule has 1 amide bonds. The number of hydrogen-bond donors (Lipinski definition) is 1. The molecule has 17 heavy (non-hydrogen) atoms. The van der Waals surface area contributed by atoms with Crippen LogP contribution in [0.5, 0.6) is 0 Å². The van der Waals surface area contributed by atoms with E-state index in [4.69, 9.17) is 5.11 Å². The van der Waals surface area contributed by atoms with Gasteiger partial charge in [-0.05, 0) is 18.8 Å². The number of alkyl halides is 1. The second kappa shape index (κ2) is 5.02.